The summed E-state index contributed by atoms with van der Waals surface area (Å²) in [6.45, 7) is 12.5. The predicted molar refractivity (Wildman–Crippen MR) is 192 cm³/mol. The van der Waals surface area contributed by atoms with Crippen molar-refractivity contribution in [2.45, 2.75) is 207 Å². The van der Waals surface area contributed by atoms with Gasteiger partial charge in [-0.05, 0) is 68.9 Å². The van der Waals surface area contributed by atoms with Gasteiger partial charge in [-0.2, -0.15) is 0 Å². The van der Waals surface area contributed by atoms with Crippen molar-refractivity contribution in [3.8, 4) is 0 Å². The van der Waals surface area contributed by atoms with Crippen LogP contribution in [0.5, 0.6) is 0 Å². The molecule has 10 saturated heterocycles. The lowest BCUT2D eigenvalue weighted by Gasteiger charge is -2.48. The van der Waals surface area contributed by atoms with Crippen LogP contribution in [0.2, 0.25) is 0 Å². The van der Waals surface area contributed by atoms with Gasteiger partial charge in [0.15, 0.2) is 11.9 Å². The largest absolute Gasteiger partial charge is 0.457 e. The average Bonchev–Trinajstić information content (AvgIpc) is 3.74. The zero-order valence-corrected chi connectivity index (χ0v) is 32.1. The van der Waals surface area contributed by atoms with Crippen LogP contribution in [-0.4, -0.2) is 150 Å². The quantitative estimate of drug-likeness (QED) is 0.275. The topological polar surface area (TPSA) is 170 Å². The van der Waals surface area contributed by atoms with Gasteiger partial charge in [-0.15, -0.1) is 0 Å². The Labute approximate surface area is 323 Å². The second kappa shape index (κ2) is 15.6. The maximum absolute atomic E-state index is 14.0. The van der Waals surface area contributed by atoms with Crippen molar-refractivity contribution in [1.82, 2.24) is 0 Å². The Balaban J connectivity index is 1.01. The first-order chi connectivity index (χ1) is 26.5. The molecule has 0 radical (unpaired) electrons. The average molecular weight is 777 g/mol. The molecule has 10 fully saturated rings. The van der Waals surface area contributed by atoms with Crippen molar-refractivity contribution in [2.24, 2.45) is 5.92 Å². The summed E-state index contributed by atoms with van der Waals surface area (Å²) in [7, 11) is 0. The van der Waals surface area contributed by atoms with Crippen LogP contribution in [0.4, 0.5) is 0 Å². The highest BCUT2D eigenvalue weighted by Gasteiger charge is 2.68. The molecule has 2 unspecified atom stereocenters. The summed E-state index contributed by atoms with van der Waals surface area (Å²) >= 11 is 0. The Morgan fingerprint density at radius 2 is 1.55 bits per heavy atom. The first-order valence-corrected chi connectivity index (χ1v) is 20.9. The fourth-order valence-corrected chi connectivity index (χ4v) is 11.1. The molecule has 0 aromatic carbocycles. The van der Waals surface area contributed by atoms with E-state index in [1.54, 1.807) is 0 Å². The normalized spacial score (nSPS) is 51.6. The van der Waals surface area contributed by atoms with Gasteiger partial charge in [0, 0.05) is 32.3 Å². The van der Waals surface area contributed by atoms with Crippen LogP contribution in [0, 0.1) is 5.92 Å². The molecule has 0 aromatic heterocycles. The van der Waals surface area contributed by atoms with Gasteiger partial charge in [0.2, 0.25) is 0 Å². The molecule has 0 aromatic rings. The van der Waals surface area contributed by atoms with Crippen molar-refractivity contribution in [2.75, 3.05) is 13.2 Å². The molecule has 0 saturated carbocycles. The second-order valence-corrected chi connectivity index (χ2v) is 17.6. The minimum absolute atomic E-state index is 0.00453. The number of ether oxygens (including phenoxy) is 10. The van der Waals surface area contributed by atoms with Gasteiger partial charge in [0.1, 0.15) is 48.8 Å². The van der Waals surface area contributed by atoms with E-state index in [9.17, 15) is 20.1 Å². The number of fused-ring (bicyclic) bond motifs is 6. The number of hydrogen-bond donors (Lipinski definition) is 3. The standard InChI is InChI=1S/C41H60O14/c1-5-46-37-33(45)29(14-22(43)18-42)50-30-16-28-21(4)19(2)12-23(48-28)6-8-26-20(3)13-25(47-26)10-11-41-17-31-36(54-41)38-39(52-31)40(55-41)34-27(51-38)9-7-24(49-34)15-32(44)53-35(30)37/h19,22-31,33-40,42-43,45H,3-18H2,1-2H3/t19-,22?,23+,24-,25+,26+,27+,28-,29+,30+,31+,33+,34+,35+,36+,37+,38?,39-,40+,41+/m1/s1. The molecular formula is C41H60O14. The summed E-state index contributed by atoms with van der Waals surface area (Å²) in [5, 5.41) is 31.6. The van der Waals surface area contributed by atoms with Gasteiger partial charge in [0.25, 0.3) is 0 Å². The highest BCUT2D eigenvalue weighted by Crippen LogP contribution is 2.54. The summed E-state index contributed by atoms with van der Waals surface area (Å²) in [6, 6.07) is 0. The molecule has 3 N–H and O–H groups in total. The van der Waals surface area contributed by atoms with Crippen LogP contribution >= 0.6 is 0 Å². The van der Waals surface area contributed by atoms with Crippen molar-refractivity contribution in [3.63, 3.8) is 0 Å². The SMILES string of the molecule is C=C1C[C@@H]2CC[C@@]34C[C@@H]5O[C@@H]6C(O[C@H]7CC[C@H](CC(=O)O[C@@H]8[C@@H](OCC)[C@@H](O)[C@H](CC(O)CO)O[C@H]8C[C@H]8O[C@@H](CC[C@@H]1O2)C[C@@H](C)C8=C)O[C@@H]7[C@@H]6O3)[C@H]5O4. The number of carbonyl (C=O) groups excluding carboxylic acids is 1. The molecule has 14 heteroatoms. The van der Waals surface area contributed by atoms with E-state index in [0.717, 1.165) is 43.3 Å². The highest BCUT2D eigenvalue weighted by atomic mass is 16.8. The van der Waals surface area contributed by atoms with Gasteiger partial charge in [-0.25, -0.2) is 0 Å². The molecule has 12 bridgehead atoms. The van der Waals surface area contributed by atoms with Crippen LogP contribution in [0.15, 0.2) is 24.3 Å². The van der Waals surface area contributed by atoms with Crippen molar-refractivity contribution < 1.29 is 67.5 Å². The summed E-state index contributed by atoms with van der Waals surface area (Å²) in [6.07, 6.45) is -2.26. The van der Waals surface area contributed by atoms with Crippen LogP contribution in [0.1, 0.15) is 90.9 Å². The van der Waals surface area contributed by atoms with E-state index in [1.165, 1.54) is 0 Å². The molecule has 10 aliphatic heterocycles. The predicted octanol–water partition coefficient (Wildman–Crippen LogP) is 2.56. The number of rotatable bonds is 5. The molecule has 20 atom stereocenters. The third kappa shape index (κ3) is 7.39. The Hall–Kier alpha value is -1.53. The smallest absolute Gasteiger partial charge is 0.308 e. The van der Waals surface area contributed by atoms with Gasteiger partial charge in [-0.1, -0.05) is 20.1 Å². The Kier molecular flexibility index (Phi) is 11.0. The molecule has 0 aliphatic carbocycles. The zero-order valence-electron chi connectivity index (χ0n) is 32.1. The molecule has 55 heavy (non-hydrogen) atoms. The third-order valence-electron chi connectivity index (χ3n) is 13.9. The minimum Gasteiger partial charge on any atom is -0.457 e. The first kappa shape index (κ1) is 39.0. The monoisotopic (exact) mass is 776 g/mol. The van der Waals surface area contributed by atoms with E-state index in [1.807, 2.05) is 6.92 Å². The summed E-state index contributed by atoms with van der Waals surface area (Å²) < 4.78 is 65.9. The third-order valence-corrected chi connectivity index (χ3v) is 13.9. The molecule has 10 heterocycles. The van der Waals surface area contributed by atoms with E-state index in [0.29, 0.717) is 32.1 Å². The van der Waals surface area contributed by atoms with E-state index in [-0.39, 0.29) is 74.2 Å². The van der Waals surface area contributed by atoms with E-state index in [2.05, 4.69) is 20.1 Å². The fraction of sp³-hybridized carbons (Fsp3) is 0.878. The highest BCUT2D eigenvalue weighted by molar-refractivity contribution is 5.70. The Bertz CT molecular complexity index is 1440. The summed E-state index contributed by atoms with van der Waals surface area (Å²) in [4.78, 5) is 14.0. The minimum atomic E-state index is -1.23. The zero-order chi connectivity index (χ0) is 38.2. The number of aliphatic hydroxyl groups is 3. The van der Waals surface area contributed by atoms with Gasteiger partial charge in [-0.3, -0.25) is 4.79 Å². The number of carbonyl (C=O) groups is 1. The number of hydrogen-bond acceptors (Lipinski definition) is 14. The van der Waals surface area contributed by atoms with E-state index < -0.39 is 79.4 Å². The molecule has 0 amide bonds. The number of esters is 1. The first-order valence-electron chi connectivity index (χ1n) is 20.9. The molecule has 10 rings (SSSR count). The van der Waals surface area contributed by atoms with Crippen LogP contribution in [0.25, 0.3) is 0 Å². The lowest BCUT2D eigenvalue weighted by atomic mass is 9.82. The molecule has 1 spiro atoms. The van der Waals surface area contributed by atoms with Crippen molar-refractivity contribution in [1.29, 1.82) is 0 Å². The van der Waals surface area contributed by atoms with Crippen LogP contribution in [0.3, 0.4) is 0 Å². The van der Waals surface area contributed by atoms with Gasteiger partial charge in [0.05, 0.1) is 68.0 Å². The van der Waals surface area contributed by atoms with Gasteiger partial charge < -0.3 is 62.7 Å². The molecular weight excluding hydrogens is 716 g/mol. The van der Waals surface area contributed by atoms with Crippen molar-refractivity contribution >= 4 is 5.97 Å². The number of aliphatic hydroxyl groups excluding tert-OH is 3. The molecule has 14 nitrogen and oxygen atoms in total. The van der Waals surface area contributed by atoms with Gasteiger partial charge >= 0.3 is 5.97 Å². The maximum Gasteiger partial charge on any atom is 0.308 e. The lowest BCUT2D eigenvalue weighted by Crippen LogP contribution is -2.62. The van der Waals surface area contributed by atoms with E-state index >= 15 is 0 Å². The second-order valence-electron chi connectivity index (χ2n) is 17.6. The molecule has 10 aliphatic rings. The summed E-state index contributed by atoms with van der Waals surface area (Å²) in [5.74, 6) is -1.17. The maximum atomic E-state index is 14.0. The summed E-state index contributed by atoms with van der Waals surface area (Å²) in [5.41, 5.74) is 2.02. The van der Waals surface area contributed by atoms with E-state index in [4.69, 9.17) is 47.4 Å². The molecule has 308 valence electrons. The Morgan fingerprint density at radius 3 is 2.36 bits per heavy atom. The van der Waals surface area contributed by atoms with Crippen LogP contribution in [-0.2, 0) is 52.2 Å². The Morgan fingerprint density at radius 1 is 0.800 bits per heavy atom. The van der Waals surface area contributed by atoms with Crippen molar-refractivity contribution in [3.05, 3.63) is 24.3 Å². The fourth-order valence-electron chi connectivity index (χ4n) is 11.1. The van der Waals surface area contributed by atoms with Crippen LogP contribution < -0.4 is 0 Å². The lowest BCUT2D eigenvalue weighted by molar-refractivity contribution is -0.293.